The van der Waals surface area contributed by atoms with Crippen molar-refractivity contribution < 1.29 is 13.9 Å². The molecule has 1 atom stereocenters. The minimum absolute atomic E-state index is 0.100. The van der Waals surface area contributed by atoms with Gasteiger partial charge in [-0.25, -0.2) is 0 Å². The van der Waals surface area contributed by atoms with Gasteiger partial charge in [0.1, 0.15) is 17.9 Å². The average molecular weight is 516 g/mol. The molecule has 1 aromatic heterocycles. The van der Waals surface area contributed by atoms with Gasteiger partial charge in [-0.05, 0) is 97.5 Å². The quantitative estimate of drug-likeness (QED) is 0.245. The summed E-state index contributed by atoms with van der Waals surface area (Å²) in [5.41, 5.74) is 7.43. The first-order chi connectivity index (χ1) is 18.8. The molecule has 1 unspecified atom stereocenters. The van der Waals surface area contributed by atoms with Gasteiger partial charge in [0.2, 0.25) is 5.76 Å². The van der Waals surface area contributed by atoms with Crippen LogP contribution in [0.15, 0.2) is 94.1 Å². The molecule has 0 saturated carbocycles. The van der Waals surface area contributed by atoms with E-state index in [4.69, 9.17) is 9.15 Å². The van der Waals surface area contributed by atoms with E-state index in [1.165, 1.54) is 0 Å². The minimum atomic E-state index is -0.625. The molecule has 0 fully saturated rings. The molecule has 0 aliphatic carbocycles. The highest BCUT2D eigenvalue weighted by Gasteiger charge is 2.43. The van der Waals surface area contributed by atoms with Crippen molar-refractivity contribution in [2.45, 2.75) is 40.3 Å². The van der Waals surface area contributed by atoms with Crippen molar-refractivity contribution in [3.63, 3.8) is 0 Å². The van der Waals surface area contributed by atoms with Crippen LogP contribution in [0.3, 0.4) is 0 Å². The molecule has 5 heteroatoms. The lowest BCUT2D eigenvalue weighted by Crippen LogP contribution is -2.29. The third-order valence-electron chi connectivity index (χ3n) is 7.70. The summed E-state index contributed by atoms with van der Waals surface area (Å²) in [5.74, 6) is 0.491. The summed E-state index contributed by atoms with van der Waals surface area (Å²) in [5, 5.41) is 0.486. The van der Waals surface area contributed by atoms with Gasteiger partial charge >= 0.3 is 0 Å². The number of fused-ring (bicyclic) bond motifs is 2. The number of anilines is 1. The van der Waals surface area contributed by atoms with E-state index in [0.29, 0.717) is 28.9 Å². The monoisotopic (exact) mass is 515 g/mol. The third-order valence-corrected chi connectivity index (χ3v) is 7.70. The third kappa shape index (κ3) is 4.30. The predicted octanol–water partition coefficient (Wildman–Crippen LogP) is 7.36. The van der Waals surface area contributed by atoms with Crippen LogP contribution in [0.2, 0.25) is 0 Å². The molecule has 6 rings (SSSR count). The van der Waals surface area contributed by atoms with Gasteiger partial charge in [-0.15, -0.1) is 0 Å². The summed E-state index contributed by atoms with van der Waals surface area (Å²) in [4.78, 5) is 29.6. The van der Waals surface area contributed by atoms with E-state index in [9.17, 15) is 9.59 Å². The number of ether oxygens (including phenoxy) is 1. The lowest BCUT2D eigenvalue weighted by atomic mass is 9.97. The molecule has 1 amide bonds. The summed E-state index contributed by atoms with van der Waals surface area (Å²) in [6.45, 7) is 8.44. The lowest BCUT2D eigenvalue weighted by molar-refractivity contribution is 0.0971. The number of amides is 1. The van der Waals surface area contributed by atoms with Crippen LogP contribution < -0.4 is 15.1 Å². The molecule has 39 heavy (non-hydrogen) atoms. The number of rotatable bonds is 5. The van der Waals surface area contributed by atoms with Gasteiger partial charge in [0, 0.05) is 5.69 Å². The zero-order valence-electron chi connectivity index (χ0n) is 22.4. The molecule has 194 valence electrons. The normalized spacial score (nSPS) is 14.6. The van der Waals surface area contributed by atoms with Crippen molar-refractivity contribution in [1.29, 1.82) is 0 Å². The van der Waals surface area contributed by atoms with Gasteiger partial charge in [-0.2, -0.15) is 0 Å². The zero-order chi connectivity index (χ0) is 27.3. The number of nitrogens with zero attached hydrogens (tertiary/aromatic N) is 1. The van der Waals surface area contributed by atoms with Crippen LogP contribution in [0, 0.1) is 27.7 Å². The highest BCUT2D eigenvalue weighted by Crippen LogP contribution is 2.42. The fourth-order valence-electron chi connectivity index (χ4n) is 5.17. The highest BCUT2D eigenvalue weighted by atomic mass is 16.5. The summed E-state index contributed by atoms with van der Waals surface area (Å²) < 4.78 is 12.2. The first-order valence-corrected chi connectivity index (χ1v) is 13.1. The summed E-state index contributed by atoms with van der Waals surface area (Å²) in [7, 11) is 0. The second-order valence-corrected chi connectivity index (χ2v) is 10.3. The van der Waals surface area contributed by atoms with Crippen LogP contribution in [0.1, 0.15) is 55.5 Å². The van der Waals surface area contributed by atoms with Crippen LogP contribution in [-0.2, 0) is 6.61 Å². The maximum absolute atomic E-state index is 14.0. The summed E-state index contributed by atoms with van der Waals surface area (Å²) in [6, 6.07) is 26.6. The zero-order valence-corrected chi connectivity index (χ0v) is 22.4. The largest absolute Gasteiger partial charge is 0.489 e. The van der Waals surface area contributed by atoms with Crippen LogP contribution in [0.25, 0.3) is 11.0 Å². The van der Waals surface area contributed by atoms with Crippen molar-refractivity contribution in [2.24, 2.45) is 0 Å². The highest BCUT2D eigenvalue weighted by molar-refractivity contribution is 6.10. The van der Waals surface area contributed by atoms with Crippen molar-refractivity contribution in [3.05, 3.63) is 140 Å². The SMILES string of the molecule is Cc1ccc(N2C(=O)c3oc4cc(C)c(C)cc4c(=O)c3C2c2ccc(OCc3ccccc3)cc2)cc1C. The van der Waals surface area contributed by atoms with Crippen LogP contribution in [0.5, 0.6) is 5.75 Å². The molecule has 0 bridgehead atoms. The van der Waals surface area contributed by atoms with E-state index in [0.717, 1.165) is 39.1 Å². The summed E-state index contributed by atoms with van der Waals surface area (Å²) in [6.07, 6.45) is 0. The Balaban J connectivity index is 1.47. The molecule has 4 aromatic carbocycles. The molecule has 5 nitrogen and oxygen atoms in total. The van der Waals surface area contributed by atoms with E-state index < -0.39 is 6.04 Å². The van der Waals surface area contributed by atoms with E-state index >= 15 is 0 Å². The molecule has 0 spiro atoms. The Morgan fingerprint density at radius 1 is 0.769 bits per heavy atom. The fraction of sp³-hybridized carbons (Fsp3) is 0.176. The number of aryl methyl sites for hydroxylation is 4. The maximum Gasteiger partial charge on any atom is 0.295 e. The second kappa shape index (κ2) is 9.59. The first kappa shape index (κ1) is 24.7. The smallest absolute Gasteiger partial charge is 0.295 e. The predicted molar refractivity (Wildman–Crippen MR) is 154 cm³/mol. The average Bonchev–Trinajstić information content (AvgIpc) is 3.23. The van der Waals surface area contributed by atoms with Crippen molar-refractivity contribution in [3.8, 4) is 5.75 Å². The van der Waals surface area contributed by atoms with Gasteiger partial charge in [0.05, 0.1) is 17.0 Å². The number of hydrogen-bond donors (Lipinski definition) is 0. The standard InChI is InChI=1S/C34H29NO4/c1-20-10-13-26(16-21(20)2)35-31(25-11-14-27(15-12-25)38-19-24-8-6-5-7-9-24)30-32(36)28-17-22(3)23(4)18-29(28)39-33(30)34(35)37/h5-18,31H,19H2,1-4H3. The molecule has 0 radical (unpaired) electrons. The molecular formula is C34H29NO4. The van der Waals surface area contributed by atoms with E-state index in [2.05, 4.69) is 0 Å². The van der Waals surface area contributed by atoms with Crippen LogP contribution in [-0.4, -0.2) is 5.91 Å². The Kier molecular flexibility index (Phi) is 6.07. The van der Waals surface area contributed by atoms with Gasteiger partial charge in [0.15, 0.2) is 5.43 Å². The molecule has 5 aromatic rings. The minimum Gasteiger partial charge on any atom is -0.489 e. The number of carbonyl (C=O) groups is 1. The van der Waals surface area contributed by atoms with Gasteiger partial charge in [-0.3, -0.25) is 14.5 Å². The number of benzene rings is 4. The Bertz CT molecular complexity index is 1790. The number of hydrogen-bond acceptors (Lipinski definition) is 4. The molecule has 1 aliphatic rings. The van der Waals surface area contributed by atoms with E-state index in [1.54, 1.807) is 4.90 Å². The molecule has 1 aliphatic heterocycles. The van der Waals surface area contributed by atoms with Crippen molar-refractivity contribution in [1.82, 2.24) is 0 Å². The Morgan fingerprint density at radius 3 is 2.18 bits per heavy atom. The molecule has 0 N–H and O–H groups in total. The van der Waals surface area contributed by atoms with Crippen LogP contribution >= 0.6 is 0 Å². The lowest BCUT2D eigenvalue weighted by Gasteiger charge is -2.26. The Hall–Kier alpha value is -4.64. The Labute approximate surface area is 227 Å². The van der Waals surface area contributed by atoms with E-state index in [-0.39, 0.29) is 17.1 Å². The van der Waals surface area contributed by atoms with Crippen molar-refractivity contribution in [2.75, 3.05) is 4.90 Å². The molecule has 0 saturated heterocycles. The molecular weight excluding hydrogens is 486 g/mol. The number of carbonyl (C=O) groups excluding carboxylic acids is 1. The Morgan fingerprint density at radius 2 is 1.46 bits per heavy atom. The van der Waals surface area contributed by atoms with Gasteiger partial charge in [-0.1, -0.05) is 48.5 Å². The topological polar surface area (TPSA) is 59.8 Å². The second-order valence-electron chi connectivity index (χ2n) is 10.3. The molecule has 2 heterocycles. The van der Waals surface area contributed by atoms with Gasteiger partial charge in [0.25, 0.3) is 5.91 Å². The van der Waals surface area contributed by atoms with Crippen LogP contribution in [0.4, 0.5) is 5.69 Å². The van der Waals surface area contributed by atoms with Crippen molar-refractivity contribution >= 4 is 22.6 Å². The summed E-state index contributed by atoms with van der Waals surface area (Å²) >= 11 is 0. The van der Waals surface area contributed by atoms with Gasteiger partial charge < -0.3 is 9.15 Å². The first-order valence-electron chi connectivity index (χ1n) is 13.1. The maximum atomic E-state index is 14.0. The van der Waals surface area contributed by atoms with E-state index in [1.807, 2.05) is 113 Å². The fourth-order valence-corrected chi connectivity index (χ4v) is 5.17.